The largest absolute Gasteiger partial charge is 0.697 e. The lowest BCUT2D eigenvalue weighted by Crippen LogP contribution is -2.12. The maximum Gasteiger partial charge on any atom is 0.697 e. The van der Waals surface area contributed by atoms with Gasteiger partial charge in [0.1, 0.15) is 13.2 Å². The van der Waals surface area contributed by atoms with Crippen LogP contribution in [0.2, 0.25) is 0 Å². The molecule has 0 aliphatic heterocycles. The first-order valence-electron chi connectivity index (χ1n) is 6.07. The van der Waals surface area contributed by atoms with Gasteiger partial charge in [0, 0.05) is 4.57 Å². The zero-order valence-corrected chi connectivity index (χ0v) is 12.3. The highest BCUT2D eigenvalue weighted by molar-refractivity contribution is 7.33. The van der Waals surface area contributed by atoms with Gasteiger partial charge in [-0.3, -0.25) is 0 Å². The van der Waals surface area contributed by atoms with Crippen LogP contribution in [-0.4, -0.2) is 13.2 Å². The highest BCUT2D eigenvalue weighted by Gasteiger charge is 2.24. The molecule has 0 heterocycles. The van der Waals surface area contributed by atoms with Crippen molar-refractivity contribution >= 4 is 8.25 Å². The topological polar surface area (TPSA) is 35.5 Å². The molecule has 16 heavy (non-hydrogen) atoms. The van der Waals surface area contributed by atoms with Crippen LogP contribution >= 0.6 is 8.25 Å². The van der Waals surface area contributed by atoms with E-state index < -0.39 is 8.25 Å². The van der Waals surface area contributed by atoms with Gasteiger partial charge in [-0.15, -0.1) is 9.05 Å². The summed E-state index contributed by atoms with van der Waals surface area (Å²) in [5.74, 6) is 1.89. The zero-order chi connectivity index (χ0) is 12.7. The van der Waals surface area contributed by atoms with Crippen molar-refractivity contribution in [1.82, 2.24) is 0 Å². The van der Waals surface area contributed by atoms with E-state index in [0.29, 0.717) is 36.9 Å². The van der Waals surface area contributed by atoms with E-state index >= 15 is 0 Å². The van der Waals surface area contributed by atoms with Gasteiger partial charge in [0.25, 0.3) is 0 Å². The van der Waals surface area contributed by atoms with Crippen LogP contribution in [0.15, 0.2) is 0 Å². The highest BCUT2D eigenvalue weighted by Crippen LogP contribution is 2.27. The van der Waals surface area contributed by atoms with E-state index in [0.717, 1.165) is 0 Å². The predicted octanol–water partition coefficient (Wildman–Crippen LogP) is 4.26. The van der Waals surface area contributed by atoms with Crippen molar-refractivity contribution < 1.29 is 13.6 Å². The van der Waals surface area contributed by atoms with Crippen LogP contribution in [0.3, 0.4) is 0 Å². The summed E-state index contributed by atoms with van der Waals surface area (Å²) in [4.78, 5) is 0. The normalized spacial score (nSPS) is 16.6. The molecule has 0 bridgehead atoms. The fourth-order valence-corrected chi connectivity index (χ4v) is 1.57. The van der Waals surface area contributed by atoms with Gasteiger partial charge >= 0.3 is 8.25 Å². The fraction of sp³-hybridized carbons (Fsp3) is 1.00. The summed E-state index contributed by atoms with van der Waals surface area (Å²) in [5, 5.41) is 0. The fourth-order valence-electron chi connectivity index (χ4n) is 0.779. The molecule has 0 spiro atoms. The molecule has 4 heteroatoms. The third kappa shape index (κ3) is 7.32. The molecule has 2 atom stereocenters. The van der Waals surface area contributed by atoms with Crippen LogP contribution in [-0.2, 0) is 13.6 Å². The van der Waals surface area contributed by atoms with Crippen molar-refractivity contribution in [2.45, 2.75) is 41.5 Å². The Balaban J connectivity index is 3.67. The average Bonchev–Trinajstić information content (AvgIpc) is 2.21. The molecule has 0 rings (SSSR count). The lowest BCUT2D eigenvalue weighted by Gasteiger charge is -2.12. The van der Waals surface area contributed by atoms with Gasteiger partial charge in [-0.2, -0.15) is 0 Å². The summed E-state index contributed by atoms with van der Waals surface area (Å²) in [6.45, 7) is 13.7. The maximum atomic E-state index is 11.4. The van der Waals surface area contributed by atoms with E-state index in [1.54, 1.807) is 0 Å². The van der Waals surface area contributed by atoms with Crippen molar-refractivity contribution in [3.05, 3.63) is 0 Å². The second-order valence-corrected chi connectivity index (χ2v) is 6.22. The van der Waals surface area contributed by atoms with Gasteiger partial charge in [0.05, 0.1) is 0 Å². The van der Waals surface area contributed by atoms with Crippen LogP contribution in [0.4, 0.5) is 0 Å². The Labute approximate surface area is 101 Å². The molecular weight excluding hydrogens is 223 g/mol. The molecule has 96 valence electrons. The first kappa shape index (κ1) is 16.0. The Morgan fingerprint density at radius 3 is 1.38 bits per heavy atom. The maximum absolute atomic E-state index is 11.4. The monoisotopic (exact) mass is 249 g/mol. The number of hydrogen-bond donors (Lipinski definition) is 0. The van der Waals surface area contributed by atoms with Crippen LogP contribution in [0.25, 0.3) is 0 Å². The van der Waals surface area contributed by atoms with Gasteiger partial charge in [-0.1, -0.05) is 41.5 Å². The molecule has 2 unspecified atom stereocenters. The number of rotatable bonds is 8. The van der Waals surface area contributed by atoms with Crippen molar-refractivity contribution in [3.8, 4) is 0 Å². The molecule has 0 saturated carbocycles. The summed E-state index contributed by atoms with van der Waals surface area (Å²) in [5.41, 5.74) is 0. The van der Waals surface area contributed by atoms with Crippen LogP contribution < -0.4 is 0 Å². The second kappa shape index (κ2) is 8.16. The van der Waals surface area contributed by atoms with Gasteiger partial charge in [-0.25, -0.2) is 0 Å². The minimum Gasteiger partial charge on any atom is -0.119 e. The zero-order valence-electron chi connectivity index (χ0n) is 11.4. The Hall–Kier alpha value is 0.0200. The number of hydrogen-bond acceptors (Lipinski definition) is 3. The summed E-state index contributed by atoms with van der Waals surface area (Å²) >= 11 is 0. The highest BCUT2D eigenvalue weighted by atomic mass is 31.1. The molecule has 0 radical (unpaired) electrons. The first-order chi connectivity index (χ1) is 7.34. The lowest BCUT2D eigenvalue weighted by molar-refractivity contribution is 0.160. The van der Waals surface area contributed by atoms with Gasteiger partial charge in [0.15, 0.2) is 0 Å². The summed E-state index contributed by atoms with van der Waals surface area (Å²) in [6, 6.07) is 0. The summed E-state index contributed by atoms with van der Waals surface area (Å²) < 4.78 is 21.8. The average molecular weight is 249 g/mol. The Morgan fingerprint density at radius 1 is 0.812 bits per heavy atom. The molecule has 0 aromatic heterocycles. The van der Waals surface area contributed by atoms with Gasteiger partial charge in [0.2, 0.25) is 0 Å². The summed E-state index contributed by atoms with van der Waals surface area (Å²) in [7, 11) is -1.95. The second-order valence-electron chi connectivity index (χ2n) is 5.26. The van der Waals surface area contributed by atoms with Crippen LogP contribution in [0.5, 0.6) is 0 Å². The first-order valence-corrected chi connectivity index (χ1v) is 7.17. The van der Waals surface area contributed by atoms with Crippen LogP contribution in [0.1, 0.15) is 41.5 Å². The van der Waals surface area contributed by atoms with Gasteiger partial charge < -0.3 is 0 Å². The van der Waals surface area contributed by atoms with Crippen molar-refractivity contribution in [2.24, 2.45) is 23.7 Å². The van der Waals surface area contributed by atoms with E-state index in [1.165, 1.54) is 0 Å². The van der Waals surface area contributed by atoms with E-state index in [-0.39, 0.29) is 0 Å². The van der Waals surface area contributed by atoms with Crippen molar-refractivity contribution in [3.63, 3.8) is 0 Å². The molecule has 0 amide bonds. The molecule has 0 aliphatic carbocycles. The SMILES string of the molecule is CC(C)C(C)CO[P+](=O)OCC(C)C(C)C. The van der Waals surface area contributed by atoms with E-state index in [1.807, 2.05) is 0 Å². The molecule has 0 fully saturated rings. The van der Waals surface area contributed by atoms with E-state index in [2.05, 4.69) is 41.5 Å². The van der Waals surface area contributed by atoms with Crippen molar-refractivity contribution in [2.75, 3.05) is 13.2 Å². The quantitative estimate of drug-likeness (QED) is 0.603. The van der Waals surface area contributed by atoms with E-state index in [4.69, 9.17) is 9.05 Å². The Kier molecular flexibility index (Phi) is 8.17. The molecule has 0 saturated heterocycles. The molecule has 0 aliphatic rings. The van der Waals surface area contributed by atoms with Crippen LogP contribution in [0, 0.1) is 23.7 Å². The molecular formula is C12H26O3P+. The summed E-state index contributed by atoms with van der Waals surface area (Å²) in [6.07, 6.45) is 0. The standard InChI is InChI=1S/C12H26O3P/c1-9(2)11(5)7-14-16(13)15-8-12(6)10(3)4/h9-12H,7-8H2,1-6H3/q+1. The molecule has 3 nitrogen and oxygen atoms in total. The van der Waals surface area contributed by atoms with E-state index in [9.17, 15) is 4.57 Å². The minimum absolute atomic E-state index is 0.407. The smallest absolute Gasteiger partial charge is 0.119 e. The molecule has 0 N–H and O–H groups in total. The predicted molar refractivity (Wildman–Crippen MR) is 67.5 cm³/mol. The molecule has 0 aromatic carbocycles. The third-order valence-electron chi connectivity index (χ3n) is 3.16. The van der Waals surface area contributed by atoms with Crippen molar-refractivity contribution in [1.29, 1.82) is 0 Å². The Bertz CT molecular complexity index is 184. The van der Waals surface area contributed by atoms with Gasteiger partial charge in [-0.05, 0) is 23.7 Å². The third-order valence-corrected chi connectivity index (χ3v) is 3.88. The Morgan fingerprint density at radius 2 is 1.12 bits per heavy atom. The lowest BCUT2D eigenvalue weighted by atomic mass is 10.00. The minimum atomic E-state index is -1.95. The molecule has 0 aromatic rings.